The minimum atomic E-state index is -1.81. The molecule has 31 heavy (non-hydrogen) atoms. The van der Waals surface area contributed by atoms with Gasteiger partial charge < -0.3 is 14.1 Å². The molecule has 2 aliphatic heterocycles. The topological polar surface area (TPSA) is 65.3 Å². The van der Waals surface area contributed by atoms with Gasteiger partial charge >= 0.3 is 0 Å². The summed E-state index contributed by atoms with van der Waals surface area (Å²) in [5, 5.41) is 6.38. The van der Waals surface area contributed by atoms with E-state index in [0.717, 1.165) is 74.6 Å². The van der Waals surface area contributed by atoms with Crippen LogP contribution in [-0.4, -0.2) is 60.5 Å². The molecule has 2 saturated heterocycles. The van der Waals surface area contributed by atoms with Crippen LogP contribution in [0, 0.1) is 6.92 Å². The molecule has 1 atom stereocenters. The maximum atomic E-state index is 6.59. The lowest BCUT2D eigenvalue weighted by Crippen LogP contribution is -2.45. The van der Waals surface area contributed by atoms with E-state index in [-0.39, 0.29) is 10.3 Å². The van der Waals surface area contributed by atoms with Crippen LogP contribution in [-0.2, 0) is 9.16 Å². The number of anilines is 1. The molecule has 2 fully saturated rings. The van der Waals surface area contributed by atoms with Gasteiger partial charge in [-0.2, -0.15) is 15.1 Å². The van der Waals surface area contributed by atoms with Gasteiger partial charge in [0.05, 0.1) is 29.8 Å². The zero-order valence-corrected chi connectivity index (χ0v) is 21.5. The molecule has 9 heteroatoms. The molecule has 4 heterocycles. The predicted molar refractivity (Wildman–Crippen MR) is 128 cm³/mol. The van der Waals surface area contributed by atoms with Crippen LogP contribution in [0.15, 0.2) is 0 Å². The minimum absolute atomic E-state index is 0.198. The van der Waals surface area contributed by atoms with E-state index in [2.05, 4.69) is 55.4 Å². The Morgan fingerprint density at radius 2 is 1.87 bits per heavy atom. The Morgan fingerprint density at radius 1 is 1.16 bits per heavy atom. The van der Waals surface area contributed by atoms with Crippen molar-refractivity contribution in [3.8, 4) is 0 Å². The monoisotopic (exact) mass is 465 g/mol. The van der Waals surface area contributed by atoms with Crippen molar-refractivity contribution in [2.75, 3.05) is 31.3 Å². The van der Waals surface area contributed by atoms with E-state index in [1.807, 2.05) is 0 Å². The van der Waals surface area contributed by atoms with Crippen molar-refractivity contribution in [1.82, 2.24) is 19.7 Å². The molecule has 0 amide bonds. The van der Waals surface area contributed by atoms with Crippen LogP contribution in [0.3, 0.4) is 0 Å². The summed E-state index contributed by atoms with van der Waals surface area (Å²) in [5.41, 5.74) is 1.81. The first kappa shape index (κ1) is 23.0. The van der Waals surface area contributed by atoms with Gasteiger partial charge in [-0.15, -0.1) is 0 Å². The molecule has 7 nitrogen and oxygen atoms in total. The van der Waals surface area contributed by atoms with E-state index < -0.39 is 8.32 Å². The quantitative estimate of drug-likeness (QED) is 0.450. The highest BCUT2D eigenvalue weighted by Gasteiger charge is 2.39. The van der Waals surface area contributed by atoms with Crippen LogP contribution in [0.2, 0.25) is 23.4 Å². The first-order chi connectivity index (χ1) is 14.6. The number of nitrogens with zero attached hydrogens (tertiary/aromatic N) is 5. The molecule has 0 spiro atoms. The summed E-state index contributed by atoms with van der Waals surface area (Å²) in [7, 11) is -1.81. The highest BCUT2D eigenvalue weighted by atomic mass is 35.5. The molecule has 0 aromatic carbocycles. The number of hydrogen-bond donors (Lipinski definition) is 0. The van der Waals surface area contributed by atoms with Crippen LogP contribution in [0.25, 0.3) is 11.0 Å². The van der Waals surface area contributed by atoms with Crippen molar-refractivity contribution < 1.29 is 9.16 Å². The lowest BCUT2D eigenvalue weighted by molar-refractivity contribution is 0.0672. The largest absolute Gasteiger partial charge is 0.415 e. The van der Waals surface area contributed by atoms with Crippen molar-refractivity contribution >= 4 is 36.8 Å². The van der Waals surface area contributed by atoms with E-state index in [4.69, 9.17) is 30.8 Å². The van der Waals surface area contributed by atoms with E-state index in [1.165, 1.54) is 0 Å². The molecule has 2 aliphatic rings. The van der Waals surface area contributed by atoms with Gasteiger partial charge in [0.15, 0.2) is 14.0 Å². The van der Waals surface area contributed by atoms with Gasteiger partial charge in [-0.25, -0.2) is 4.68 Å². The maximum absolute atomic E-state index is 6.59. The smallest absolute Gasteiger partial charge is 0.226 e. The second kappa shape index (κ2) is 8.61. The molecule has 2 aromatic rings. The summed E-state index contributed by atoms with van der Waals surface area (Å²) in [5.74, 6) is 0.909. The molecule has 2 aromatic heterocycles. The zero-order chi connectivity index (χ0) is 22.4. The first-order valence-corrected chi connectivity index (χ1v) is 14.8. The third kappa shape index (κ3) is 4.49. The Kier molecular flexibility index (Phi) is 6.38. The second-order valence-corrected chi connectivity index (χ2v) is 15.6. The molecule has 0 saturated carbocycles. The van der Waals surface area contributed by atoms with E-state index in [9.17, 15) is 0 Å². The molecule has 0 aliphatic carbocycles. The lowest BCUT2D eigenvalue weighted by Gasteiger charge is -2.38. The summed E-state index contributed by atoms with van der Waals surface area (Å²) < 4.78 is 14.2. The third-order valence-electron chi connectivity index (χ3n) is 7.31. The van der Waals surface area contributed by atoms with Crippen LogP contribution in [0.4, 0.5) is 5.82 Å². The number of hydrogen-bond acceptors (Lipinski definition) is 6. The van der Waals surface area contributed by atoms with E-state index in [1.54, 1.807) is 0 Å². The van der Waals surface area contributed by atoms with Gasteiger partial charge in [0.1, 0.15) is 5.82 Å². The molecular weight excluding hydrogens is 430 g/mol. The Labute approximate surface area is 191 Å². The van der Waals surface area contributed by atoms with Crippen molar-refractivity contribution in [2.45, 2.75) is 83.6 Å². The van der Waals surface area contributed by atoms with Gasteiger partial charge in [0.2, 0.25) is 5.28 Å². The van der Waals surface area contributed by atoms with Crippen LogP contribution >= 0.6 is 11.6 Å². The number of ether oxygens (including phenoxy) is 1. The SMILES string of the molecule is Cc1nn(C2CCOCC2)c2nc(Cl)nc(N3CCCC3CO[Si](C)(C)C(C)(C)C)c12. The molecule has 172 valence electrons. The minimum Gasteiger partial charge on any atom is -0.415 e. The number of fused-ring (bicyclic) bond motifs is 1. The summed E-state index contributed by atoms with van der Waals surface area (Å²) >= 11 is 6.44. The van der Waals surface area contributed by atoms with Crippen LogP contribution < -0.4 is 4.90 Å². The summed E-state index contributed by atoms with van der Waals surface area (Å²) in [4.78, 5) is 11.7. The van der Waals surface area contributed by atoms with Crippen molar-refractivity contribution in [2.24, 2.45) is 0 Å². The van der Waals surface area contributed by atoms with E-state index >= 15 is 0 Å². The zero-order valence-electron chi connectivity index (χ0n) is 19.7. The predicted octanol–water partition coefficient (Wildman–Crippen LogP) is 5.13. The maximum Gasteiger partial charge on any atom is 0.226 e. The summed E-state index contributed by atoms with van der Waals surface area (Å²) in [6, 6.07) is 0.592. The fourth-order valence-corrected chi connectivity index (χ4v) is 5.56. The Morgan fingerprint density at radius 3 is 2.55 bits per heavy atom. The third-order valence-corrected chi connectivity index (χ3v) is 12.0. The van der Waals surface area contributed by atoms with Gasteiger partial charge in [0.25, 0.3) is 0 Å². The van der Waals surface area contributed by atoms with Gasteiger partial charge in [-0.1, -0.05) is 20.8 Å². The van der Waals surface area contributed by atoms with Gasteiger partial charge in [0, 0.05) is 19.8 Å². The Hall–Kier alpha value is -1.22. The van der Waals surface area contributed by atoms with Crippen molar-refractivity contribution in [3.05, 3.63) is 11.0 Å². The fourth-order valence-electron chi connectivity index (χ4n) is 4.36. The molecular formula is C22H36ClN5O2Si. The average molecular weight is 466 g/mol. The highest BCUT2D eigenvalue weighted by molar-refractivity contribution is 6.74. The molecule has 0 radical (unpaired) electrons. The fraction of sp³-hybridized carbons (Fsp3) is 0.773. The Bertz CT molecular complexity index is 936. The second-order valence-electron chi connectivity index (χ2n) is 10.4. The normalized spacial score (nSPS) is 21.4. The molecule has 0 bridgehead atoms. The van der Waals surface area contributed by atoms with Gasteiger partial charge in [-0.05, 0) is 62.3 Å². The van der Waals surface area contributed by atoms with Gasteiger partial charge in [-0.3, -0.25) is 0 Å². The number of aromatic nitrogens is 4. The number of aryl methyl sites for hydroxylation is 1. The van der Waals surface area contributed by atoms with Crippen molar-refractivity contribution in [3.63, 3.8) is 0 Å². The molecule has 1 unspecified atom stereocenters. The van der Waals surface area contributed by atoms with Crippen LogP contribution in [0.5, 0.6) is 0 Å². The number of halogens is 1. The molecule has 4 rings (SSSR count). The lowest BCUT2D eigenvalue weighted by atomic mass is 10.1. The molecule has 0 N–H and O–H groups in total. The highest BCUT2D eigenvalue weighted by Crippen LogP contribution is 2.39. The van der Waals surface area contributed by atoms with Crippen molar-refractivity contribution in [1.29, 1.82) is 0 Å². The average Bonchev–Trinajstić information content (AvgIpc) is 3.30. The first-order valence-electron chi connectivity index (χ1n) is 11.5. The van der Waals surface area contributed by atoms with Crippen LogP contribution in [0.1, 0.15) is 58.2 Å². The Balaban J connectivity index is 1.66. The number of rotatable bonds is 5. The van der Waals surface area contributed by atoms with E-state index in [0.29, 0.717) is 12.1 Å². The summed E-state index contributed by atoms with van der Waals surface area (Å²) in [6.07, 6.45) is 4.12. The standard InChI is InChI=1S/C22H36ClN5O2Si/c1-15-18-19(27-11-7-8-17(27)14-30-31(5,6)22(2,3)4)24-21(23)25-20(18)28(26-15)16-9-12-29-13-10-16/h16-17H,7-14H2,1-6H3. The summed E-state index contributed by atoms with van der Waals surface area (Å²) in [6.45, 7) is 16.7.